The van der Waals surface area contributed by atoms with Crippen molar-refractivity contribution in [2.24, 2.45) is 5.92 Å². The molecule has 0 aliphatic heterocycles. The largest absolute Gasteiger partial charge is 0.401 e. The second kappa shape index (κ2) is 7.90. The van der Waals surface area contributed by atoms with E-state index < -0.39 is 33.7 Å². The van der Waals surface area contributed by atoms with Gasteiger partial charge in [0.05, 0.1) is 16.4 Å². The Labute approximate surface area is 137 Å². The van der Waals surface area contributed by atoms with E-state index in [0.717, 1.165) is 24.3 Å². The quantitative estimate of drug-likeness (QED) is 0.539. The van der Waals surface area contributed by atoms with E-state index in [9.17, 15) is 31.7 Å². The summed E-state index contributed by atoms with van der Waals surface area (Å²) in [5.41, 5.74) is -0.263. The molecule has 0 saturated heterocycles. The lowest BCUT2D eigenvalue weighted by molar-refractivity contribution is -0.384. The lowest BCUT2D eigenvalue weighted by Gasteiger charge is -2.23. The van der Waals surface area contributed by atoms with Gasteiger partial charge in [0.2, 0.25) is 10.0 Å². The highest BCUT2D eigenvalue weighted by Crippen LogP contribution is 2.17. The van der Waals surface area contributed by atoms with E-state index in [1.807, 2.05) is 0 Å². The van der Waals surface area contributed by atoms with Crippen molar-refractivity contribution in [3.05, 3.63) is 34.4 Å². The van der Waals surface area contributed by atoms with E-state index >= 15 is 0 Å². The summed E-state index contributed by atoms with van der Waals surface area (Å²) in [5, 5.41) is 12.7. The molecule has 0 radical (unpaired) electrons. The maximum Gasteiger partial charge on any atom is 0.401 e. The van der Waals surface area contributed by atoms with Crippen molar-refractivity contribution in [3.63, 3.8) is 0 Å². The molecular formula is C13H18F3N3O4S. The first-order valence-corrected chi connectivity index (χ1v) is 8.45. The van der Waals surface area contributed by atoms with Gasteiger partial charge in [0.1, 0.15) is 0 Å². The highest BCUT2D eigenvalue weighted by Gasteiger charge is 2.28. The summed E-state index contributed by atoms with van der Waals surface area (Å²) in [5.74, 6) is -0.265. The van der Waals surface area contributed by atoms with Gasteiger partial charge in [-0.2, -0.15) is 13.2 Å². The minimum atomic E-state index is -4.39. The minimum absolute atomic E-state index is 0.199. The Balaban J connectivity index is 2.82. The number of nitrogens with zero attached hydrogens (tertiary/aromatic N) is 1. The molecule has 7 nitrogen and oxygen atoms in total. The number of halogens is 3. The molecule has 0 aromatic heterocycles. The molecule has 1 aromatic rings. The Hall–Kier alpha value is -1.72. The fourth-order valence-electron chi connectivity index (χ4n) is 1.80. The predicted molar refractivity (Wildman–Crippen MR) is 81.0 cm³/mol. The first-order chi connectivity index (χ1) is 10.9. The van der Waals surface area contributed by atoms with Gasteiger partial charge in [0, 0.05) is 24.7 Å². The first-order valence-electron chi connectivity index (χ1n) is 6.96. The molecule has 1 rings (SSSR count). The molecule has 0 unspecified atom stereocenters. The molecule has 2 N–H and O–H groups in total. The van der Waals surface area contributed by atoms with Crippen molar-refractivity contribution in [1.29, 1.82) is 0 Å². The average Bonchev–Trinajstić information content (AvgIpc) is 2.44. The van der Waals surface area contributed by atoms with Crippen LogP contribution >= 0.6 is 0 Å². The maximum atomic E-state index is 12.3. The Morgan fingerprint density at radius 1 is 1.21 bits per heavy atom. The lowest BCUT2D eigenvalue weighted by Crippen LogP contribution is -2.46. The number of benzene rings is 1. The van der Waals surface area contributed by atoms with E-state index in [-0.39, 0.29) is 23.0 Å². The number of alkyl halides is 3. The van der Waals surface area contributed by atoms with Crippen LogP contribution in [0.1, 0.15) is 13.8 Å². The molecule has 0 fully saturated rings. The van der Waals surface area contributed by atoms with E-state index in [4.69, 9.17) is 0 Å². The molecule has 136 valence electrons. The number of rotatable bonds is 8. The molecule has 0 bridgehead atoms. The van der Waals surface area contributed by atoms with Crippen molar-refractivity contribution in [3.8, 4) is 0 Å². The van der Waals surface area contributed by atoms with E-state index in [1.54, 1.807) is 13.8 Å². The molecule has 0 saturated carbocycles. The van der Waals surface area contributed by atoms with Crippen molar-refractivity contribution in [2.75, 3.05) is 13.1 Å². The van der Waals surface area contributed by atoms with Gasteiger partial charge in [-0.3, -0.25) is 10.1 Å². The van der Waals surface area contributed by atoms with Gasteiger partial charge in [-0.05, 0) is 18.1 Å². The van der Waals surface area contributed by atoms with Crippen LogP contribution in [0.25, 0.3) is 0 Å². The van der Waals surface area contributed by atoms with Gasteiger partial charge in [0.15, 0.2) is 0 Å². The summed E-state index contributed by atoms with van der Waals surface area (Å²) in [6, 6.07) is 3.46. The van der Waals surface area contributed by atoms with Crippen LogP contribution in [0.3, 0.4) is 0 Å². The third-order valence-corrected chi connectivity index (χ3v) is 4.66. The van der Waals surface area contributed by atoms with Crippen LogP contribution in [0.4, 0.5) is 18.9 Å². The fraction of sp³-hybridized carbons (Fsp3) is 0.538. The lowest BCUT2D eigenvalue weighted by atomic mass is 10.1. The van der Waals surface area contributed by atoms with Crippen LogP contribution in [-0.4, -0.2) is 38.6 Å². The summed E-state index contributed by atoms with van der Waals surface area (Å²) in [6.45, 7) is 1.90. The summed E-state index contributed by atoms with van der Waals surface area (Å²) in [4.78, 5) is 9.70. The van der Waals surface area contributed by atoms with Crippen LogP contribution in [0, 0.1) is 16.0 Å². The Bertz CT molecular complexity index is 660. The number of nitrogens with one attached hydrogen (secondary N) is 2. The van der Waals surface area contributed by atoms with Crippen molar-refractivity contribution >= 4 is 15.7 Å². The van der Waals surface area contributed by atoms with Gasteiger partial charge in [-0.1, -0.05) is 13.8 Å². The van der Waals surface area contributed by atoms with E-state index in [1.165, 1.54) is 0 Å². The zero-order valence-corrected chi connectivity index (χ0v) is 13.8. The third kappa shape index (κ3) is 6.42. The zero-order valence-electron chi connectivity index (χ0n) is 13.0. The first kappa shape index (κ1) is 20.3. The van der Waals surface area contributed by atoms with Gasteiger partial charge < -0.3 is 5.32 Å². The molecule has 0 heterocycles. The summed E-state index contributed by atoms with van der Waals surface area (Å²) in [6.07, 6.45) is -4.39. The highest BCUT2D eigenvalue weighted by atomic mass is 32.2. The molecule has 1 aromatic carbocycles. The number of hydrogen-bond donors (Lipinski definition) is 2. The molecule has 0 aliphatic carbocycles. The van der Waals surface area contributed by atoms with Crippen LogP contribution in [0.5, 0.6) is 0 Å². The third-order valence-electron chi connectivity index (χ3n) is 3.16. The fourth-order valence-corrected chi connectivity index (χ4v) is 3.18. The van der Waals surface area contributed by atoms with E-state index in [2.05, 4.69) is 10.0 Å². The topological polar surface area (TPSA) is 101 Å². The number of nitro groups is 1. The van der Waals surface area contributed by atoms with Gasteiger partial charge in [-0.15, -0.1) is 0 Å². The van der Waals surface area contributed by atoms with Crippen molar-refractivity contribution in [2.45, 2.75) is 31.0 Å². The Morgan fingerprint density at radius 3 is 2.17 bits per heavy atom. The average molecular weight is 369 g/mol. The van der Waals surface area contributed by atoms with Crippen molar-refractivity contribution < 1.29 is 26.5 Å². The number of hydrogen-bond acceptors (Lipinski definition) is 5. The highest BCUT2D eigenvalue weighted by molar-refractivity contribution is 7.89. The molecule has 24 heavy (non-hydrogen) atoms. The summed E-state index contributed by atoms with van der Waals surface area (Å²) in [7, 11) is -4.01. The van der Waals surface area contributed by atoms with Crippen LogP contribution in [0.15, 0.2) is 29.2 Å². The normalized spacial score (nSPS) is 13.9. The Morgan fingerprint density at radius 2 is 1.75 bits per heavy atom. The van der Waals surface area contributed by atoms with Gasteiger partial charge in [0.25, 0.3) is 5.69 Å². The molecule has 0 spiro atoms. The molecule has 1 atom stereocenters. The number of nitro benzene ring substituents is 1. The predicted octanol–water partition coefficient (Wildman–Crippen LogP) is 2.05. The van der Waals surface area contributed by atoms with Crippen LogP contribution in [0.2, 0.25) is 0 Å². The molecular weight excluding hydrogens is 351 g/mol. The van der Waals surface area contributed by atoms with Crippen molar-refractivity contribution in [1.82, 2.24) is 10.0 Å². The van der Waals surface area contributed by atoms with E-state index in [0.29, 0.717) is 0 Å². The second-order valence-electron chi connectivity index (χ2n) is 5.47. The number of sulfonamides is 1. The monoisotopic (exact) mass is 369 g/mol. The second-order valence-corrected chi connectivity index (χ2v) is 7.18. The molecule has 0 aliphatic rings. The zero-order chi connectivity index (χ0) is 18.5. The Kier molecular flexibility index (Phi) is 6.69. The SMILES string of the molecule is CC(C)[C@@H](CNCC(F)(F)F)NS(=O)(=O)c1ccc([N+](=O)[O-])cc1. The minimum Gasteiger partial charge on any atom is -0.307 e. The number of non-ortho nitro benzene ring substituents is 1. The molecule has 11 heteroatoms. The van der Waals surface area contributed by atoms with Crippen LogP contribution in [-0.2, 0) is 10.0 Å². The van der Waals surface area contributed by atoms with Gasteiger partial charge in [-0.25, -0.2) is 13.1 Å². The maximum absolute atomic E-state index is 12.3. The standard InChI is InChI=1S/C13H18F3N3O4S/c1-9(2)12(7-17-8-13(14,15)16)18-24(22,23)11-5-3-10(4-6-11)19(20)21/h3-6,9,12,17-18H,7-8H2,1-2H3/t12-/m1/s1. The smallest absolute Gasteiger partial charge is 0.307 e. The molecule has 0 amide bonds. The van der Waals surface area contributed by atoms with Gasteiger partial charge >= 0.3 is 6.18 Å². The van der Waals surface area contributed by atoms with Crippen LogP contribution < -0.4 is 10.0 Å². The summed E-state index contributed by atoms with van der Waals surface area (Å²) >= 11 is 0. The summed E-state index contributed by atoms with van der Waals surface area (Å²) < 4.78 is 63.3.